The number of ketones is 1. The highest BCUT2D eigenvalue weighted by Gasteiger charge is 2.43. The number of anilines is 1. The topological polar surface area (TPSA) is 97.0 Å². The highest BCUT2D eigenvalue weighted by molar-refractivity contribution is 7.98. The van der Waals surface area contributed by atoms with Gasteiger partial charge in [0.1, 0.15) is 11.6 Å². The van der Waals surface area contributed by atoms with E-state index < -0.39 is 5.92 Å². The average Bonchev–Trinajstić information content (AvgIpc) is 2.81. The molecule has 34 heavy (non-hydrogen) atoms. The van der Waals surface area contributed by atoms with Crippen LogP contribution in [0.15, 0.2) is 70.0 Å². The predicted molar refractivity (Wildman–Crippen MR) is 132 cm³/mol. The Morgan fingerprint density at radius 2 is 1.97 bits per heavy atom. The normalized spacial score (nSPS) is 18.7. The van der Waals surface area contributed by atoms with Gasteiger partial charge in [0.2, 0.25) is 0 Å². The van der Waals surface area contributed by atoms with Gasteiger partial charge in [-0.15, -0.1) is 0 Å². The number of benzene rings is 1. The SMILES string of the molecule is COc1ccccc1[C@@H]1C2=C(CC(C)(C)CC2=O)Nc2nc(SCc3cccnc3)[nH]c(=O)c21. The Kier molecular flexibility index (Phi) is 5.77. The third-order valence-corrected chi connectivity index (χ3v) is 7.19. The number of fused-ring (bicyclic) bond motifs is 1. The van der Waals surface area contributed by atoms with Crippen LogP contribution < -0.4 is 15.6 Å². The van der Waals surface area contributed by atoms with E-state index in [2.05, 4.69) is 29.1 Å². The van der Waals surface area contributed by atoms with Gasteiger partial charge in [0, 0.05) is 41.4 Å². The molecule has 5 rings (SSSR count). The molecule has 0 saturated carbocycles. The minimum absolute atomic E-state index is 0.0507. The number of H-pyrrole nitrogens is 1. The molecule has 3 heterocycles. The first-order chi connectivity index (χ1) is 16.4. The zero-order valence-corrected chi connectivity index (χ0v) is 20.2. The van der Waals surface area contributed by atoms with Gasteiger partial charge in [0.05, 0.1) is 18.6 Å². The van der Waals surface area contributed by atoms with E-state index in [1.807, 2.05) is 36.4 Å². The van der Waals surface area contributed by atoms with E-state index in [0.29, 0.717) is 46.5 Å². The van der Waals surface area contributed by atoms with E-state index in [-0.39, 0.29) is 16.8 Å². The number of para-hydroxylation sites is 1. The van der Waals surface area contributed by atoms with E-state index in [9.17, 15) is 9.59 Å². The number of nitrogens with one attached hydrogen (secondary N) is 2. The minimum atomic E-state index is -0.542. The summed E-state index contributed by atoms with van der Waals surface area (Å²) in [4.78, 5) is 38.7. The Labute approximate surface area is 202 Å². The van der Waals surface area contributed by atoms with Crippen molar-refractivity contribution in [2.75, 3.05) is 12.4 Å². The van der Waals surface area contributed by atoms with Crippen LogP contribution in [0.3, 0.4) is 0 Å². The van der Waals surface area contributed by atoms with E-state index in [1.165, 1.54) is 11.8 Å². The number of ether oxygens (including phenoxy) is 1. The molecule has 0 radical (unpaired) electrons. The molecule has 1 atom stereocenters. The van der Waals surface area contributed by atoms with Crippen LogP contribution in [0.2, 0.25) is 0 Å². The first-order valence-electron chi connectivity index (χ1n) is 11.2. The lowest BCUT2D eigenvalue weighted by Gasteiger charge is -2.38. The second kappa shape index (κ2) is 8.76. The average molecular weight is 475 g/mol. The molecule has 2 aromatic heterocycles. The minimum Gasteiger partial charge on any atom is -0.496 e. The number of thioether (sulfide) groups is 1. The summed E-state index contributed by atoms with van der Waals surface area (Å²) in [5.74, 6) is 1.27. The number of allylic oxidation sites excluding steroid dienone is 2. The Balaban J connectivity index is 1.62. The molecule has 7 nitrogen and oxygen atoms in total. The van der Waals surface area contributed by atoms with Crippen molar-refractivity contribution in [3.63, 3.8) is 0 Å². The summed E-state index contributed by atoms with van der Waals surface area (Å²) in [6.45, 7) is 4.18. The molecule has 0 saturated heterocycles. The molecule has 1 aliphatic heterocycles. The highest BCUT2D eigenvalue weighted by Crippen LogP contribution is 2.49. The Hall–Kier alpha value is -3.39. The molecule has 0 amide bonds. The van der Waals surface area contributed by atoms with Crippen LogP contribution >= 0.6 is 11.8 Å². The number of Topliss-reactive ketones (excluding diaryl/α,β-unsaturated/α-hetero) is 1. The van der Waals surface area contributed by atoms with Gasteiger partial charge in [0.15, 0.2) is 10.9 Å². The van der Waals surface area contributed by atoms with Crippen molar-refractivity contribution in [3.8, 4) is 5.75 Å². The van der Waals surface area contributed by atoms with Crippen LogP contribution in [-0.4, -0.2) is 27.8 Å². The van der Waals surface area contributed by atoms with Gasteiger partial charge >= 0.3 is 0 Å². The van der Waals surface area contributed by atoms with Crippen molar-refractivity contribution in [2.45, 2.75) is 43.5 Å². The molecular weight excluding hydrogens is 448 g/mol. The first kappa shape index (κ1) is 22.4. The van der Waals surface area contributed by atoms with Gasteiger partial charge in [-0.2, -0.15) is 0 Å². The van der Waals surface area contributed by atoms with Gasteiger partial charge < -0.3 is 15.0 Å². The molecule has 2 aliphatic rings. The summed E-state index contributed by atoms with van der Waals surface area (Å²) in [5.41, 5.74) is 3.32. The fourth-order valence-electron chi connectivity index (χ4n) is 4.81. The fourth-order valence-corrected chi connectivity index (χ4v) is 5.61. The maximum absolute atomic E-state index is 13.5. The number of aromatic nitrogens is 3. The summed E-state index contributed by atoms with van der Waals surface area (Å²) >= 11 is 1.44. The van der Waals surface area contributed by atoms with Gasteiger partial charge in [-0.1, -0.05) is 49.9 Å². The second-order valence-corrected chi connectivity index (χ2v) is 10.4. The maximum Gasteiger partial charge on any atom is 0.257 e. The molecule has 1 aliphatic carbocycles. The largest absolute Gasteiger partial charge is 0.496 e. The number of aromatic amines is 1. The molecule has 8 heteroatoms. The van der Waals surface area contributed by atoms with Gasteiger partial charge in [-0.25, -0.2) is 4.98 Å². The van der Waals surface area contributed by atoms with E-state index in [0.717, 1.165) is 16.8 Å². The molecule has 0 unspecified atom stereocenters. The Morgan fingerprint density at radius 3 is 2.74 bits per heavy atom. The van der Waals surface area contributed by atoms with Crippen molar-refractivity contribution >= 4 is 23.4 Å². The summed E-state index contributed by atoms with van der Waals surface area (Å²) in [6.07, 6.45) is 4.66. The molecular formula is C26H26N4O3S. The van der Waals surface area contributed by atoms with E-state index in [4.69, 9.17) is 9.72 Å². The van der Waals surface area contributed by atoms with Gasteiger partial charge in [-0.3, -0.25) is 14.6 Å². The van der Waals surface area contributed by atoms with Crippen molar-refractivity contribution in [2.24, 2.45) is 5.41 Å². The smallest absolute Gasteiger partial charge is 0.257 e. The van der Waals surface area contributed by atoms with Crippen molar-refractivity contribution in [1.29, 1.82) is 0 Å². The predicted octanol–water partition coefficient (Wildman–Crippen LogP) is 4.67. The van der Waals surface area contributed by atoms with Crippen LogP contribution in [0, 0.1) is 5.41 Å². The number of carbonyl (C=O) groups excluding carboxylic acids is 1. The summed E-state index contributed by atoms with van der Waals surface area (Å²) in [5, 5.41) is 3.88. The van der Waals surface area contributed by atoms with E-state index >= 15 is 0 Å². The lowest BCUT2D eigenvalue weighted by atomic mass is 9.69. The molecule has 0 fully saturated rings. The van der Waals surface area contributed by atoms with Gasteiger partial charge in [-0.05, 0) is 29.5 Å². The monoisotopic (exact) mass is 474 g/mol. The van der Waals surface area contributed by atoms with Crippen LogP contribution in [0.25, 0.3) is 0 Å². The van der Waals surface area contributed by atoms with Crippen molar-refractivity contribution in [3.05, 3.63) is 87.1 Å². The summed E-state index contributed by atoms with van der Waals surface area (Å²) < 4.78 is 5.62. The van der Waals surface area contributed by atoms with Crippen LogP contribution in [-0.2, 0) is 10.5 Å². The molecule has 2 N–H and O–H groups in total. The molecule has 0 spiro atoms. The van der Waals surface area contributed by atoms with Crippen molar-refractivity contribution < 1.29 is 9.53 Å². The first-order valence-corrected chi connectivity index (χ1v) is 12.2. The molecule has 1 aromatic carbocycles. The number of nitrogens with zero attached hydrogens (tertiary/aromatic N) is 2. The number of methoxy groups -OCH3 is 1. The quantitative estimate of drug-likeness (QED) is 0.410. The molecule has 174 valence electrons. The van der Waals surface area contributed by atoms with Crippen molar-refractivity contribution in [1.82, 2.24) is 15.0 Å². The number of carbonyl (C=O) groups is 1. The van der Waals surface area contributed by atoms with Gasteiger partial charge in [0.25, 0.3) is 5.56 Å². The fraction of sp³-hybridized carbons (Fsp3) is 0.308. The lowest BCUT2D eigenvalue weighted by Crippen LogP contribution is -2.37. The lowest BCUT2D eigenvalue weighted by molar-refractivity contribution is -0.118. The number of hydrogen-bond donors (Lipinski definition) is 2. The Morgan fingerprint density at radius 1 is 1.15 bits per heavy atom. The van der Waals surface area contributed by atoms with E-state index in [1.54, 1.807) is 19.5 Å². The van der Waals surface area contributed by atoms with Crippen LogP contribution in [0.4, 0.5) is 5.82 Å². The Bertz CT molecular complexity index is 1350. The number of rotatable bonds is 5. The third kappa shape index (κ3) is 4.14. The summed E-state index contributed by atoms with van der Waals surface area (Å²) in [6, 6.07) is 11.4. The second-order valence-electron chi connectivity index (χ2n) is 9.42. The van der Waals surface area contributed by atoms with Crippen LogP contribution in [0.5, 0.6) is 5.75 Å². The highest BCUT2D eigenvalue weighted by atomic mass is 32.2. The van der Waals surface area contributed by atoms with Crippen LogP contribution in [0.1, 0.15) is 49.3 Å². The zero-order valence-electron chi connectivity index (χ0n) is 19.3. The zero-order chi connectivity index (χ0) is 23.9. The standard InChI is InChI=1S/C26H26N4O3S/c1-26(2)11-17-21(18(31)12-26)20(16-8-4-5-9-19(16)33-3)22-23(28-17)29-25(30-24(22)32)34-14-15-7-6-10-27-13-15/h4-10,13,20H,11-12,14H2,1-3H3,(H2,28,29,30,32)/t20-/m1/s1. The molecule has 3 aromatic rings. The third-order valence-electron chi connectivity index (χ3n) is 6.25. The number of pyridine rings is 1. The summed E-state index contributed by atoms with van der Waals surface area (Å²) in [7, 11) is 1.60. The number of hydrogen-bond acceptors (Lipinski definition) is 7. The maximum atomic E-state index is 13.5. The molecule has 0 bridgehead atoms.